The Hall–Kier alpha value is -1.29. The van der Waals surface area contributed by atoms with Gasteiger partial charge in [0.15, 0.2) is 0 Å². The van der Waals surface area contributed by atoms with Gasteiger partial charge in [-0.05, 0) is 47.0 Å². The second-order valence-corrected chi connectivity index (χ2v) is 5.91. The molecule has 0 atom stereocenters. The molecule has 0 radical (unpaired) electrons. The molecule has 4 heteroatoms. The molecular weight excluding hydrogens is 302 g/mol. The Labute approximate surface area is 122 Å². The third kappa shape index (κ3) is 3.00. The number of aromatic nitrogens is 2. The molecule has 1 aliphatic carbocycles. The van der Waals surface area contributed by atoms with Crippen molar-refractivity contribution in [2.45, 2.75) is 38.3 Å². The van der Waals surface area contributed by atoms with Gasteiger partial charge in [-0.3, -0.25) is 4.68 Å². The molecule has 1 saturated carbocycles. The zero-order valence-electron chi connectivity index (χ0n) is 10.8. The molecule has 0 saturated heterocycles. The van der Waals surface area contributed by atoms with Crippen LogP contribution >= 0.6 is 15.9 Å². The molecule has 1 aliphatic rings. The number of benzene rings is 1. The van der Waals surface area contributed by atoms with Gasteiger partial charge in [-0.15, -0.1) is 0 Å². The van der Waals surface area contributed by atoms with Gasteiger partial charge in [0.05, 0.1) is 18.3 Å². The van der Waals surface area contributed by atoms with Gasteiger partial charge in [-0.2, -0.15) is 5.10 Å². The fraction of sp³-hybridized carbons (Fsp3) is 0.400. The van der Waals surface area contributed by atoms with Crippen LogP contribution in [0, 0.1) is 0 Å². The van der Waals surface area contributed by atoms with E-state index >= 15 is 0 Å². The second kappa shape index (κ2) is 5.78. The number of hydrogen-bond donors (Lipinski definition) is 1. The number of anilines is 1. The summed E-state index contributed by atoms with van der Waals surface area (Å²) in [5.41, 5.74) is 2.21. The summed E-state index contributed by atoms with van der Waals surface area (Å²) in [7, 11) is 0. The average Bonchev–Trinajstić information content (AvgIpc) is 3.09. The SMILES string of the molecule is Brc1ccccc1NCc1ccn(C2CCCC2)n1. The molecular formula is C15H18BrN3. The maximum Gasteiger partial charge on any atom is 0.0815 e. The Morgan fingerprint density at radius 3 is 2.79 bits per heavy atom. The first kappa shape index (κ1) is 12.7. The van der Waals surface area contributed by atoms with Gasteiger partial charge in [-0.1, -0.05) is 25.0 Å². The van der Waals surface area contributed by atoms with Crippen LogP contribution in [0.25, 0.3) is 0 Å². The van der Waals surface area contributed by atoms with E-state index in [1.165, 1.54) is 25.7 Å². The Balaban J connectivity index is 1.63. The summed E-state index contributed by atoms with van der Waals surface area (Å²) in [5, 5.41) is 8.09. The topological polar surface area (TPSA) is 29.9 Å². The molecule has 1 aromatic carbocycles. The van der Waals surface area contributed by atoms with Crippen molar-refractivity contribution in [3.63, 3.8) is 0 Å². The molecule has 2 aromatic rings. The van der Waals surface area contributed by atoms with Gasteiger partial charge in [0.1, 0.15) is 0 Å². The van der Waals surface area contributed by atoms with E-state index in [1.807, 2.05) is 18.2 Å². The standard InChI is InChI=1S/C15H18BrN3/c16-14-7-3-4-8-15(14)17-11-12-9-10-19(18-12)13-5-1-2-6-13/h3-4,7-10,13,17H,1-2,5-6,11H2. The number of hydrogen-bond acceptors (Lipinski definition) is 2. The van der Waals surface area contributed by atoms with E-state index in [2.05, 4.69) is 49.4 Å². The summed E-state index contributed by atoms with van der Waals surface area (Å²) in [6.45, 7) is 0.766. The molecule has 0 amide bonds. The first-order valence-corrected chi connectivity index (χ1v) is 7.64. The van der Waals surface area contributed by atoms with Crippen molar-refractivity contribution < 1.29 is 0 Å². The monoisotopic (exact) mass is 319 g/mol. The fourth-order valence-corrected chi connectivity index (χ4v) is 3.06. The van der Waals surface area contributed by atoms with Crippen molar-refractivity contribution in [1.82, 2.24) is 9.78 Å². The normalized spacial score (nSPS) is 15.8. The van der Waals surface area contributed by atoms with E-state index in [9.17, 15) is 0 Å². The van der Waals surface area contributed by atoms with Crippen LogP contribution in [0.2, 0.25) is 0 Å². The number of para-hydroxylation sites is 1. The fourth-order valence-electron chi connectivity index (χ4n) is 2.63. The predicted molar refractivity (Wildman–Crippen MR) is 81.2 cm³/mol. The maximum absolute atomic E-state index is 4.68. The molecule has 100 valence electrons. The molecule has 1 fully saturated rings. The number of halogens is 1. The van der Waals surface area contributed by atoms with Crippen LogP contribution in [-0.2, 0) is 6.54 Å². The molecule has 3 rings (SSSR count). The van der Waals surface area contributed by atoms with E-state index in [0.29, 0.717) is 6.04 Å². The Bertz CT molecular complexity index is 544. The highest BCUT2D eigenvalue weighted by Gasteiger charge is 2.17. The molecule has 0 spiro atoms. The number of rotatable bonds is 4. The molecule has 19 heavy (non-hydrogen) atoms. The third-order valence-corrected chi connectivity index (χ3v) is 4.39. The van der Waals surface area contributed by atoms with Crippen LogP contribution in [0.3, 0.4) is 0 Å². The summed E-state index contributed by atoms with van der Waals surface area (Å²) in [6.07, 6.45) is 7.36. The number of nitrogens with one attached hydrogen (secondary N) is 1. The van der Waals surface area contributed by atoms with Crippen molar-refractivity contribution in [2.24, 2.45) is 0 Å². The lowest BCUT2D eigenvalue weighted by Gasteiger charge is -2.09. The molecule has 1 heterocycles. The smallest absolute Gasteiger partial charge is 0.0815 e. The summed E-state index contributed by atoms with van der Waals surface area (Å²) >= 11 is 3.54. The Kier molecular flexibility index (Phi) is 3.87. The van der Waals surface area contributed by atoms with Gasteiger partial charge in [0, 0.05) is 16.4 Å². The van der Waals surface area contributed by atoms with Crippen molar-refractivity contribution in [1.29, 1.82) is 0 Å². The van der Waals surface area contributed by atoms with Crippen molar-refractivity contribution >= 4 is 21.6 Å². The molecule has 0 bridgehead atoms. The zero-order chi connectivity index (χ0) is 13.1. The summed E-state index contributed by atoms with van der Waals surface area (Å²) in [6, 6.07) is 10.9. The van der Waals surface area contributed by atoms with E-state index in [1.54, 1.807) is 0 Å². The van der Waals surface area contributed by atoms with E-state index in [0.717, 1.165) is 22.4 Å². The minimum atomic E-state index is 0.622. The quantitative estimate of drug-likeness (QED) is 0.906. The van der Waals surface area contributed by atoms with Crippen LogP contribution in [0.5, 0.6) is 0 Å². The highest BCUT2D eigenvalue weighted by Crippen LogP contribution is 2.28. The minimum Gasteiger partial charge on any atom is -0.378 e. The maximum atomic E-state index is 4.68. The minimum absolute atomic E-state index is 0.622. The van der Waals surface area contributed by atoms with Crippen LogP contribution in [0.4, 0.5) is 5.69 Å². The summed E-state index contributed by atoms with van der Waals surface area (Å²) < 4.78 is 3.23. The lowest BCUT2D eigenvalue weighted by atomic mass is 10.3. The molecule has 1 N–H and O–H groups in total. The van der Waals surface area contributed by atoms with Crippen LogP contribution in [0.1, 0.15) is 37.4 Å². The predicted octanol–water partition coefficient (Wildman–Crippen LogP) is 4.37. The van der Waals surface area contributed by atoms with Crippen molar-refractivity contribution in [2.75, 3.05) is 5.32 Å². The average molecular weight is 320 g/mol. The van der Waals surface area contributed by atoms with Gasteiger partial charge in [0.2, 0.25) is 0 Å². The largest absolute Gasteiger partial charge is 0.378 e. The van der Waals surface area contributed by atoms with E-state index in [4.69, 9.17) is 0 Å². The van der Waals surface area contributed by atoms with Gasteiger partial charge in [-0.25, -0.2) is 0 Å². The molecule has 0 unspecified atom stereocenters. The first-order chi connectivity index (χ1) is 9.33. The van der Waals surface area contributed by atoms with Crippen LogP contribution in [-0.4, -0.2) is 9.78 Å². The van der Waals surface area contributed by atoms with Crippen molar-refractivity contribution in [3.05, 3.63) is 46.7 Å². The highest BCUT2D eigenvalue weighted by atomic mass is 79.9. The van der Waals surface area contributed by atoms with Crippen LogP contribution in [0.15, 0.2) is 41.0 Å². The van der Waals surface area contributed by atoms with E-state index < -0.39 is 0 Å². The lowest BCUT2D eigenvalue weighted by molar-refractivity contribution is 0.463. The third-order valence-electron chi connectivity index (χ3n) is 3.70. The van der Waals surface area contributed by atoms with Gasteiger partial charge >= 0.3 is 0 Å². The Morgan fingerprint density at radius 2 is 2.00 bits per heavy atom. The second-order valence-electron chi connectivity index (χ2n) is 5.06. The highest BCUT2D eigenvalue weighted by molar-refractivity contribution is 9.10. The zero-order valence-corrected chi connectivity index (χ0v) is 12.4. The summed E-state index contributed by atoms with van der Waals surface area (Å²) in [4.78, 5) is 0. The Morgan fingerprint density at radius 1 is 1.21 bits per heavy atom. The van der Waals surface area contributed by atoms with E-state index in [-0.39, 0.29) is 0 Å². The van der Waals surface area contributed by atoms with Crippen LogP contribution < -0.4 is 5.32 Å². The van der Waals surface area contributed by atoms with Crippen molar-refractivity contribution in [3.8, 4) is 0 Å². The first-order valence-electron chi connectivity index (χ1n) is 6.85. The van der Waals surface area contributed by atoms with Gasteiger partial charge < -0.3 is 5.32 Å². The molecule has 0 aliphatic heterocycles. The summed E-state index contributed by atoms with van der Waals surface area (Å²) in [5.74, 6) is 0. The molecule has 1 aromatic heterocycles. The molecule has 3 nitrogen and oxygen atoms in total. The lowest BCUT2D eigenvalue weighted by Crippen LogP contribution is -2.07. The number of nitrogens with zero attached hydrogens (tertiary/aromatic N) is 2. The van der Waals surface area contributed by atoms with Gasteiger partial charge in [0.25, 0.3) is 0 Å².